The van der Waals surface area contributed by atoms with E-state index in [0.717, 1.165) is 0 Å². The quantitative estimate of drug-likeness (QED) is 0.481. The minimum atomic E-state index is -0.643. The monoisotopic (exact) mass is 360 g/mol. The number of nitrogens with zero attached hydrogens (tertiary/aromatic N) is 5. The third-order valence-corrected chi connectivity index (χ3v) is 3.98. The summed E-state index contributed by atoms with van der Waals surface area (Å²) in [7, 11) is 1.51. The van der Waals surface area contributed by atoms with Crippen LogP contribution in [0.3, 0.4) is 0 Å². The highest BCUT2D eigenvalue weighted by atomic mass is 35.5. The zero-order valence-electron chi connectivity index (χ0n) is 12.4. The van der Waals surface area contributed by atoms with Crippen molar-refractivity contribution in [2.75, 3.05) is 6.54 Å². The number of carbonyl (C=O) groups excluding carboxylic acids is 1. The van der Waals surface area contributed by atoms with Crippen LogP contribution in [-0.4, -0.2) is 36.9 Å². The van der Waals surface area contributed by atoms with Gasteiger partial charge in [0.15, 0.2) is 0 Å². The van der Waals surface area contributed by atoms with Gasteiger partial charge in [-0.2, -0.15) is 10.2 Å². The Labute approximate surface area is 141 Å². The number of nitrogens with one attached hydrogen (secondary N) is 1. The fraction of sp³-hybridized carbons (Fsp3) is 0.417. The Morgan fingerprint density at radius 2 is 2.13 bits per heavy atom. The molecule has 23 heavy (non-hydrogen) atoms. The maximum absolute atomic E-state index is 12.0. The number of amides is 1. The molecule has 2 heterocycles. The molecule has 0 aliphatic heterocycles. The molecule has 0 aromatic carbocycles. The molecule has 11 heteroatoms. The summed E-state index contributed by atoms with van der Waals surface area (Å²) >= 11 is 11.9. The van der Waals surface area contributed by atoms with Gasteiger partial charge in [-0.15, -0.1) is 0 Å². The molecular weight excluding hydrogens is 347 g/mol. The van der Waals surface area contributed by atoms with E-state index in [2.05, 4.69) is 15.5 Å². The van der Waals surface area contributed by atoms with Crippen molar-refractivity contribution in [1.29, 1.82) is 0 Å². The van der Waals surface area contributed by atoms with Gasteiger partial charge >= 0.3 is 5.69 Å². The van der Waals surface area contributed by atoms with Gasteiger partial charge in [-0.25, -0.2) is 0 Å². The highest BCUT2D eigenvalue weighted by molar-refractivity contribution is 6.41. The molecule has 2 aromatic heterocycles. The SMILES string of the molecule is Cc1nn(CCCNC(=O)c2nn(C)cc2[N+](=O)[O-])c(Cl)c1Cl. The second-order valence-electron chi connectivity index (χ2n) is 4.82. The lowest BCUT2D eigenvalue weighted by Crippen LogP contribution is -2.26. The van der Waals surface area contributed by atoms with E-state index in [1.54, 1.807) is 6.92 Å². The molecule has 0 saturated heterocycles. The van der Waals surface area contributed by atoms with Crippen LogP contribution < -0.4 is 5.32 Å². The van der Waals surface area contributed by atoms with Crippen LogP contribution in [0.25, 0.3) is 0 Å². The normalized spacial score (nSPS) is 10.8. The number of hydrogen-bond acceptors (Lipinski definition) is 5. The van der Waals surface area contributed by atoms with Crippen LogP contribution in [-0.2, 0) is 13.6 Å². The minimum Gasteiger partial charge on any atom is -0.350 e. The summed E-state index contributed by atoms with van der Waals surface area (Å²) < 4.78 is 2.76. The highest BCUT2D eigenvalue weighted by Crippen LogP contribution is 2.24. The van der Waals surface area contributed by atoms with Gasteiger partial charge < -0.3 is 5.32 Å². The van der Waals surface area contributed by atoms with E-state index in [4.69, 9.17) is 23.2 Å². The maximum atomic E-state index is 12.0. The van der Waals surface area contributed by atoms with E-state index in [1.165, 1.54) is 22.6 Å². The van der Waals surface area contributed by atoms with Crippen molar-refractivity contribution in [3.63, 3.8) is 0 Å². The van der Waals surface area contributed by atoms with Gasteiger partial charge in [0.05, 0.1) is 10.6 Å². The molecule has 0 fully saturated rings. The molecule has 124 valence electrons. The number of aryl methyl sites for hydroxylation is 3. The largest absolute Gasteiger partial charge is 0.350 e. The number of aromatic nitrogens is 4. The Balaban J connectivity index is 1.90. The van der Waals surface area contributed by atoms with Crippen LogP contribution in [0.2, 0.25) is 10.2 Å². The molecule has 0 atom stereocenters. The standard InChI is InChI=1S/C12H14Cl2N6O3/c1-7-9(13)11(14)19(16-7)5-3-4-15-12(21)10-8(20(22)23)6-18(2)17-10/h6H,3-5H2,1-2H3,(H,15,21). The Morgan fingerprint density at radius 1 is 1.43 bits per heavy atom. The summed E-state index contributed by atoms with van der Waals surface area (Å²) in [5.74, 6) is -0.599. The second kappa shape index (κ2) is 6.97. The van der Waals surface area contributed by atoms with Crippen LogP contribution in [0.5, 0.6) is 0 Å². The predicted octanol–water partition coefficient (Wildman–Crippen LogP) is 1.96. The highest BCUT2D eigenvalue weighted by Gasteiger charge is 2.24. The van der Waals surface area contributed by atoms with E-state index >= 15 is 0 Å². The number of carbonyl (C=O) groups is 1. The van der Waals surface area contributed by atoms with Gasteiger partial charge in [0, 0.05) is 20.1 Å². The molecule has 2 aromatic rings. The Hall–Kier alpha value is -2.13. The van der Waals surface area contributed by atoms with E-state index in [-0.39, 0.29) is 11.4 Å². The molecule has 1 N–H and O–H groups in total. The average Bonchev–Trinajstić information content (AvgIpc) is 3.00. The molecule has 0 aliphatic rings. The molecule has 0 aliphatic carbocycles. The van der Waals surface area contributed by atoms with Crippen molar-refractivity contribution in [3.8, 4) is 0 Å². The van der Waals surface area contributed by atoms with Crippen molar-refractivity contribution in [3.05, 3.63) is 37.9 Å². The second-order valence-corrected chi connectivity index (χ2v) is 5.55. The topological polar surface area (TPSA) is 108 Å². The summed E-state index contributed by atoms with van der Waals surface area (Å²) in [5.41, 5.74) is 0.0841. The van der Waals surface area contributed by atoms with Crippen molar-refractivity contribution < 1.29 is 9.72 Å². The van der Waals surface area contributed by atoms with Gasteiger partial charge in [0.1, 0.15) is 16.4 Å². The number of nitro groups is 1. The van der Waals surface area contributed by atoms with E-state index in [1.807, 2.05) is 0 Å². The molecule has 0 saturated carbocycles. The third kappa shape index (κ3) is 3.80. The lowest BCUT2D eigenvalue weighted by molar-refractivity contribution is -0.385. The average molecular weight is 361 g/mol. The fourth-order valence-electron chi connectivity index (χ4n) is 1.97. The van der Waals surface area contributed by atoms with E-state index < -0.39 is 10.8 Å². The zero-order chi connectivity index (χ0) is 17.1. The van der Waals surface area contributed by atoms with Gasteiger partial charge in [-0.05, 0) is 13.3 Å². The fourth-order valence-corrected chi connectivity index (χ4v) is 2.36. The number of halogens is 2. The molecule has 1 amide bonds. The summed E-state index contributed by atoms with van der Waals surface area (Å²) in [4.78, 5) is 22.2. The molecular formula is C12H14Cl2N6O3. The van der Waals surface area contributed by atoms with Crippen molar-refractivity contribution in [1.82, 2.24) is 24.9 Å². The van der Waals surface area contributed by atoms with Gasteiger partial charge in [0.25, 0.3) is 5.91 Å². The summed E-state index contributed by atoms with van der Waals surface area (Å²) in [5, 5.41) is 22.2. The summed E-state index contributed by atoms with van der Waals surface area (Å²) in [6, 6.07) is 0. The van der Waals surface area contributed by atoms with Crippen molar-refractivity contribution >= 4 is 34.8 Å². The number of rotatable bonds is 6. The first-order chi connectivity index (χ1) is 10.8. The van der Waals surface area contributed by atoms with Crippen molar-refractivity contribution in [2.45, 2.75) is 19.9 Å². The van der Waals surface area contributed by atoms with Gasteiger partial charge in [-0.1, -0.05) is 23.2 Å². The Kier molecular flexibility index (Phi) is 5.22. The third-order valence-electron chi connectivity index (χ3n) is 3.05. The maximum Gasteiger partial charge on any atom is 0.320 e. The summed E-state index contributed by atoms with van der Waals surface area (Å²) in [6.45, 7) is 2.49. The van der Waals surface area contributed by atoms with Crippen LogP contribution in [0.15, 0.2) is 6.20 Å². The Morgan fingerprint density at radius 3 is 2.70 bits per heavy atom. The molecule has 0 unspecified atom stereocenters. The van der Waals surface area contributed by atoms with Gasteiger partial charge in [-0.3, -0.25) is 24.3 Å². The molecule has 0 bridgehead atoms. The molecule has 9 nitrogen and oxygen atoms in total. The van der Waals surface area contributed by atoms with Crippen LogP contribution >= 0.6 is 23.2 Å². The van der Waals surface area contributed by atoms with E-state index in [0.29, 0.717) is 35.4 Å². The summed E-state index contributed by atoms with van der Waals surface area (Å²) in [6.07, 6.45) is 1.72. The predicted molar refractivity (Wildman–Crippen MR) is 83.8 cm³/mol. The number of hydrogen-bond donors (Lipinski definition) is 1. The molecule has 2 rings (SSSR count). The van der Waals surface area contributed by atoms with E-state index in [9.17, 15) is 14.9 Å². The smallest absolute Gasteiger partial charge is 0.320 e. The zero-order valence-corrected chi connectivity index (χ0v) is 13.9. The van der Waals surface area contributed by atoms with Gasteiger partial charge in [0.2, 0.25) is 5.69 Å². The van der Waals surface area contributed by atoms with Crippen LogP contribution in [0.4, 0.5) is 5.69 Å². The molecule has 0 spiro atoms. The first-order valence-corrected chi connectivity index (χ1v) is 7.41. The lowest BCUT2D eigenvalue weighted by atomic mass is 10.3. The molecule has 0 radical (unpaired) electrons. The lowest BCUT2D eigenvalue weighted by Gasteiger charge is -2.04. The van der Waals surface area contributed by atoms with Crippen LogP contribution in [0.1, 0.15) is 22.6 Å². The van der Waals surface area contributed by atoms with Crippen LogP contribution in [0, 0.1) is 17.0 Å². The first-order valence-electron chi connectivity index (χ1n) is 6.66. The first kappa shape index (κ1) is 17.2. The minimum absolute atomic E-state index is 0.214. The van der Waals surface area contributed by atoms with Crippen molar-refractivity contribution in [2.24, 2.45) is 7.05 Å². The Bertz CT molecular complexity index is 754.